The zero-order chi connectivity index (χ0) is 7.89. The molecule has 1 aliphatic rings. The number of carbonyl (C=O) groups excluding carboxylic acids is 1. The largest absolute Gasteiger partial charge is 0.369 e. The molecule has 1 rings (SSSR count). The summed E-state index contributed by atoms with van der Waals surface area (Å²) in [6, 6.07) is 0. The van der Waals surface area contributed by atoms with Crippen molar-refractivity contribution < 1.29 is 15.0 Å². The number of hydrogen-bond acceptors (Lipinski definition) is 3. The Balaban J connectivity index is 2.54. The summed E-state index contributed by atoms with van der Waals surface area (Å²) in [5, 5.41) is 17.5. The molecule has 2 atom stereocenters. The first kappa shape index (κ1) is 7.24. The summed E-state index contributed by atoms with van der Waals surface area (Å²) in [6.07, 6.45) is -2.05. The van der Waals surface area contributed by atoms with Crippen LogP contribution in [0, 0.1) is 0 Å². The number of rotatable bonds is 1. The molecule has 10 heavy (non-hydrogen) atoms. The van der Waals surface area contributed by atoms with Gasteiger partial charge < -0.3 is 10.2 Å². The summed E-state index contributed by atoms with van der Waals surface area (Å²) in [5.41, 5.74) is 0.315. The Kier molecular flexibility index (Phi) is 1.50. The van der Waals surface area contributed by atoms with Crippen molar-refractivity contribution in [3.63, 3.8) is 0 Å². The standard InChI is InChI=1S/C6H9NO3/c1-3(2)4(8)7-5(9)6(7)10/h5-6,9-10H,1H2,2H3. The van der Waals surface area contributed by atoms with Crippen molar-refractivity contribution in [3.05, 3.63) is 12.2 Å². The average molecular weight is 143 g/mol. The van der Waals surface area contributed by atoms with Crippen LogP contribution in [0.4, 0.5) is 0 Å². The van der Waals surface area contributed by atoms with Gasteiger partial charge in [0.2, 0.25) is 0 Å². The first-order chi connectivity index (χ1) is 4.55. The molecule has 0 aromatic rings. The first-order valence-electron chi connectivity index (χ1n) is 2.90. The number of aliphatic hydroxyl groups excluding tert-OH is 2. The van der Waals surface area contributed by atoms with Gasteiger partial charge in [-0.05, 0) is 6.92 Å². The van der Waals surface area contributed by atoms with Gasteiger partial charge in [0.05, 0.1) is 0 Å². The summed E-state index contributed by atoms with van der Waals surface area (Å²) < 4.78 is 0. The highest BCUT2D eigenvalue weighted by Gasteiger charge is 2.48. The highest BCUT2D eigenvalue weighted by Crippen LogP contribution is 2.24. The van der Waals surface area contributed by atoms with E-state index >= 15 is 0 Å². The normalized spacial score (nSPS) is 30.1. The van der Waals surface area contributed by atoms with Gasteiger partial charge in [0.1, 0.15) is 0 Å². The van der Waals surface area contributed by atoms with Crippen molar-refractivity contribution >= 4 is 5.91 Å². The van der Waals surface area contributed by atoms with Crippen molar-refractivity contribution in [2.45, 2.75) is 19.4 Å². The Morgan fingerprint density at radius 1 is 1.50 bits per heavy atom. The molecule has 1 amide bonds. The van der Waals surface area contributed by atoms with Gasteiger partial charge in [0.25, 0.3) is 5.91 Å². The van der Waals surface area contributed by atoms with Crippen molar-refractivity contribution in [1.29, 1.82) is 0 Å². The molecule has 2 unspecified atom stereocenters. The van der Waals surface area contributed by atoms with Crippen molar-refractivity contribution in [2.24, 2.45) is 0 Å². The van der Waals surface area contributed by atoms with E-state index < -0.39 is 18.4 Å². The summed E-state index contributed by atoms with van der Waals surface area (Å²) >= 11 is 0. The molecule has 1 aliphatic heterocycles. The van der Waals surface area contributed by atoms with Crippen LogP contribution in [0.15, 0.2) is 12.2 Å². The Morgan fingerprint density at radius 2 is 1.90 bits per heavy atom. The Hall–Kier alpha value is -0.870. The van der Waals surface area contributed by atoms with E-state index in [0.717, 1.165) is 4.90 Å². The molecule has 2 N–H and O–H groups in total. The second-order valence-corrected chi connectivity index (χ2v) is 2.32. The predicted octanol–water partition coefficient (Wildman–Crippen LogP) is -0.959. The second kappa shape index (κ2) is 2.07. The Morgan fingerprint density at radius 3 is 2.00 bits per heavy atom. The minimum Gasteiger partial charge on any atom is -0.369 e. The predicted molar refractivity (Wildman–Crippen MR) is 33.7 cm³/mol. The lowest BCUT2D eigenvalue weighted by atomic mass is 10.3. The summed E-state index contributed by atoms with van der Waals surface area (Å²) in [7, 11) is 0. The molecule has 4 nitrogen and oxygen atoms in total. The van der Waals surface area contributed by atoms with Gasteiger partial charge in [-0.15, -0.1) is 0 Å². The maximum absolute atomic E-state index is 10.8. The van der Waals surface area contributed by atoms with E-state index in [-0.39, 0.29) is 0 Å². The third-order valence-corrected chi connectivity index (χ3v) is 1.35. The monoisotopic (exact) mass is 143 g/mol. The highest BCUT2D eigenvalue weighted by molar-refractivity contribution is 5.94. The molecule has 0 spiro atoms. The van der Waals surface area contributed by atoms with Gasteiger partial charge in [-0.2, -0.15) is 0 Å². The molecule has 0 aromatic carbocycles. The zero-order valence-corrected chi connectivity index (χ0v) is 5.61. The molecule has 1 heterocycles. The first-order valence-corrected chi connectivity index (χ1v) is 2.90. The fraction of sp³-hybridized carbons (Fsp3) is 0.500. The lowest BCUT2D eigenvalue weighted by molar-refractivity contribution is -0.124. The second-order valence-electron chi connectivity index (χ2n) is 2.32. The molecule has 0 radical (unpaired) electrons. The Bertz CT molecular complexity index is 181. The number of carbonyl (C=O) groups is 1. The molecule has 56 valence electrons. The minimum atomic E-state index is -1.02. The van der Waals surface area contributed by atoms with E-state index in [9.17, 15) is 4.79 Å². The third-order valence-electron chi connectivity index (χ3n) is 1.35. The molecule has 0 aliphatic carbocycles. The van der Waals surface area contributed by atoms with Crippen LogP contribution in [0.3, 0.4) is 0 Å². The third kappa shape index (κ3) is 0.913. The van der Waals surface area contributed by atoms with Crippen LogP contribution in [0.2, 0.25) is 0 Å². The van der Waals surface area contributed by atoms with Crippen LogP contribution < -0.4 is 0 Å². The SMILES string of the molecule is C=C(C)C(=O)N1C(O)C1O. The topological polar surface area (TPSA) is 60.5 Å². The fourth-order valence-corrected chi connectivity index (χ4v) is 0.667. The summed E-state index contributed by atoms with van der Waals surface area (Å²) in [6.45, 7) is 4.90. The highest BCUT2D eigenvalue weighted by atomic mass is 16.4. The number of hydrogen-bond donors (Lipinski definition) is 2. The molecule has 1 saturated heterocycles. The number of amides is 1. The van der Waals surface area contributed by atoms with Gasteiger partial charge in [-0.25, -0.2) is 0 Å². The van der Waals surface area contributed by atoms with E-state index in [1.807, 2.05) is 0 Å². The van der Waals surface area contributed by atoms with Gasteiger partial charge in [0, 0.05) is 5.57 Å². The average Bonchev–Trinajstić information content (AvgIpc) is 2.40. The van der Waals surface area contributed by atoms with E-state index in [1.54, 1.807) is 0 Å². The van der Waals surface area contributed by atoms with E-state index in [2.05, 4.69) is 6.58 Å². The van der Waals surface area contributed by atoms with Gasteiger partial charge in [-0.1, -0.05) is 6.58 Å². The molecule has 0 saturated carbocycles. The summed E-state index contributed by atoms with van der Waals surface area (Å²) in [5.74, 6) is -0.403. The van der Waals surface area contributed by atoms with Crippen molar-refractivity contribution in [3.8, 4) is 0 Å². The lowest BCUT2D eigenvalue weighted by Crippen LogP contribution is -2.14. The number of nitrogens with zero attached hydrogens (tertiary/aromatic N) is 1. The van der Waals surface area contributed by atoms with Crippen LogP contribution in [0.1, 0.15) is 6.92 Å². The quantitative estimate of drug-likeness (QED) is 0.367. The van der Waals surface area contributed by atoms with E-state index in [4.69, 9.17) is 10.2 Å². The lowest BCUT2D eigenvalue weighted by Gasteiger charge is -1.97. The van der Waals surface area contributed by atoms with Crippen LogP contribution in [0.5, 0.6) is 0 Å². The maximum Gasteiger partial charge on any atom is 0.253 e. The minimum absolute atomic E-state index is 0.315. The number of aliphatic hydroxyl groups is 2. The van der Waals surface area contributed by atoms with Crippen LogP contribution in [0.25, 0.3) is 0 Å². The maximum atomic E-state index is 10.8. The summed E-state index contributed by atoms with van der Waals surface area (Å²) in [4.78, 5) is 11.8. The van der Waals surface area contributed by atoms with E-state index in [0.29, 0.717) is 5.57 Å². The molecule has 4 heteroatoms. The van der Waals surface area contributed by atoms with Crippen LogP contribution in [-0.4, -0.2) is 33.5 Å². The Labute approximate surface area is 58.4 Å². The van der Waals surface area contributed by atoms with Gasteiger partial charge in [-0.3, -0.25) is 9.69 Å². The molecule has 0 bridgehead atoms. The molecule has 1 fully saturated rings. The van der Waals surface area contributed by atoms with Crippen LogP contribution in [-0.2, 0) is 4.79 Å². The molecule has 0 aromatic heterocycles. The zero-order valence-electron chi connectivity index (χ0n) is 5.61. The molecular weight excluding hydrogens is 134 g/mol. The fourth-order valence-electron chi connectivity index (χ4n) is 0.667. The molecular formula is C6H9NO3. The van der Waals surface area contributed by atoms with Crippen molar-refractivity contribution in [1.82, 2.24) is 4.90 Å². The van der Waals surface area contributed by atoms with Gasteiger partial charge >= 0.3 is 0 Å². The van der Waals surface area contributed by atoms with Crippen LogP contribution >= 0.6 is 0 Å². The van der Waals surface area contributed by atoms with E-state index in [1.165, 1.54) is 6.92 Å². The van der Waals surface area contributed by atoms with Gasteiger partial charge in [0.15, 0.2) is 12.5 Å². The van der Waals surface area contributed by atoms with Crippen molar-refractivity contribution in [2.75, 3.05) is 0 Å². The smallest absolute Gasteiger partial charge is 0.253 e.